The summed E-state index contributed by atoms with van der Waals surface area (Å²) in [5, 5.41) is 2.86. The molecule has 4 rings (SSSR count). The fourth-order valence-electron chi connectivity index (χ4n) is 4.09. The Hall–Kier alpha value is -3.87. The maximum Gasteiger partial charge on any atom is 0.407 e. The van der Waals surface area contributed by atoms with Crippen molar-refractivity contribution in [2.45, 2.75) is 58.7 Å². The minimum absolute atomic E-state index is 0.232. The topological polar surface area (TPSA) is 89.1 Å². The second-order valence-electron chi connectivity index (χ2n) is 9.80. The molecule has 1 atom stereocenters. The van der Waals surface area contributed by atoms with Crippen LogP contribution in [0.1, 0.15) is 57.6 Å². The van der Waals surface area contributed by atoms with Gasteiger partial charge in [-0.2, -0.15) is 0 Å². The van der Waals surface area contributed by atoms with E-state index in [1.54, 1.807) is 0 Å². The number of H-pyrrole nitrogens is 1. The number of nitrogens with one attached hydrogen (secondary N) is 2. The Bertz CT molecular complexity index is 1280. The molecule has 7 nitrogen and oxygen atoms in total. The predicted molar refractivity (Wildman–Crippen MR) is 142 cm³/mol. The fourth-order valence-corrected chi connectivity index (χ4v) is 4.09. The van der Waals surface area contributed by atoms with Crippen LogP contribution in [-0.4, -0.2) is 33.2 Å². The lowest BCUT2D eigenvalue weighted by Gasteiger charge is -2.20. The predicted octanol–water partition coefficient (Wildman–Crippen LogP) is 6.61. The van der Waals surface area contributed by atoms with Crippen LogP contribution in [0.3, 0.4) is 0 Å². The van der Waals surface area contributed by atoms with E-state index in [-0.39, 0.29) is 5.92 Å². The number of nitrogens with zero attached hydrogens (tertiary/aromatic N) is 2. The molecule has 36 heavy (non-hydrogen) atoms. The molecular formula is C29H34N4O3. The summed E-state index contributed by atoms with van der Waals surface area (Å²) in [5.41, 5.74) is 4.32. The van der Waals surface area contributed by atoms with Crippen molar-refractivity contribution in [1.82, 2.24) is 20.3 Å². The van der Waals surface area contributed by atoms with Crippen LogP contribution in [0.25, 0.3) is 22.6 Å². The zero-order valence-corrected chi connectivity index (χ0v) is 21.4. The lowest BCUT2D eigenvalue weighted by atomic mass is 9.93. The normalized spacial score (nSPS) is 12.3. The van der Waals surface area contributed by atoms with E-state index < -0.39 is 11.7 Å². The quantitative estimate of drug-likeness (QED) is 0.278. The van der Waals surface area contributed by atoms with Crippen LogP contribution >= 0.6 is 0 Å². The molecule has 2 aromatic carbocycles. The highest BCUT2D eigenvalue weighted by atomic mass is 16.6. The molecule has 2 heterocycles. The Labute approximate surface area is 212 Å². The number of alkyl carbamates (subject to hydrolysis) is 1. The Morgan fingerprint density at radius 2 is 1.81 bits per heavy atom. The summed E-state index contributed by atoms with van der Waals surface area (Å²) in [6, 6.07) is 20.0. The number of fused-ring (bicyclic) bond motifs is 1. The lowest BCUT2D eigenvalue weighted by Crippen LogP contribution is -2.33. The monoisotopic (exact) mass is 486 g/mol. The third-order valence-electron chi connectivity index (χ3n) is 5.89. The van der Waals surface area contributed by atoms with Gasteiger partial charge in [-0.3, -0.25) is 0 Å². The number of aromatic amines is 1. The number of imidazole rings is 1. The molecule has 1 amide bonds. The Kier molecular flexibility index (Phi) is 7.88. The third-order valence-corrected chi connectivity index (χ3v) is 5.89. The zero-order chi connectivity index (χ0) is 25.5. The highest BCUT2D eigenvalue weighted by molar-refractivity contribution is 5.79. The van der Waals surface area contributed by atoms with Crippen molar-refractivity contribution in [3.05, 3.63) is 78.0 Å². The van der Waals surface area contributed by atoms with E-state index in [4.69, 9.17) is 14.5 Å². The fraction of sp³-hybridized carbons (Fsp3) is 0.345. The number of carbonyl (C=O) groups is 1. The van der Waals surface area contributed by atoms with Crippen LogP contribution in [0.15, 0.2) is 66.9 Å². The SMILES string of the molecule is CCC(CCNC(=O)OC(C)(C)C)c1ccnc2[nH]c(-c3ccc(OCc4ccccc4)cc3)nc12. The second-order valence-corrected chi connectivity index (χ2v) is 9.80. The first kappa shape index (κ1) is 25.2. The van der Waals surface area contributed by atoms with E-state index in [1.807, 2.05) is 87.6 Å². The molecule has 4 aromatic rings. The number of hydrogen-bond acceptors (Lipinski definition) is 5. The van der Waals surface area contributed by atoms with Gasteiger partial charge in [0.15, 0.2) is 5.65 Å². The summed E-state index contributed by atoms with van der Waals surface area (Å²) < 4.78 is 11.2. The molecule has 2 aromatic heterocycles. The summed E-state index contributed by atoms with van der Waals surface area (Å²) in [6.07, 6.45) is 3.12. The van der Waals surface area contributed by atoms with Crippen molar-refractivity contribution in [3.63, 3.8) is 0 Å². The zero-order valence-electron chi connectivity index (χ0n) is 21.4. The van der Waals surface area contributed by atoms with Gasteiger partial charge in [-0.15, -0.1) is 0 Å². The summed E-state index contributed by atoms with van der Waals surface area (Å²) in [7, 11) is 0. The molecule has 0 radical (unpaired) electrons. The molecule has 0 aliphatic rings. The van der Waals surface area contributed by atoms with Crippen LogP contribution in [-0.2, 0) is 11.3 Å². The van der Waals surface area contributed by atoms with E-state index in [1.165, 1.54) is 0 Å². The summed E-state index contributed by atoms with van der Waals surface area (Å²) in [6.45, 7) is 8.77. The highest BCUT2D eigenvalue weighted by Crippen LogP contribution is 2.30. The van der Waals surface area contributed by atoms with Gasteiger partial charge in [0.05, 0.1) is 0 Å². The van der Waals surface area contributed by atoms with Crippen LogP contribution < -0.4 is 10.1 Å². The molecule has 0 fully saturated rings. The molecular weight excluding hydrogens is 452 g/mol. The van der Waals surface area contributed by atoms with Gasteiger partial charge < -0.3 is 19.8 Å². The van der Waals surface area contributed by atoms with Crippen molar-refractivity contribution in [2.75, 3.05) is 6.54 Å². The molecule has 0 bridgehead atoms. The van der Waals surface area contributed by atoms with Gasteiger partial charge >= 0.3 is 6.09 Å². The minimum atomic E-state index is -0.511. The first-order chi connectivity index (χ1) is 17.3. The molecule has 1 unspecified atom stereocenters. The molecule has 7 heteroatoms. The number of ether oxygens (including phenoxy) is 2. The molecule has 0 aliphatic heterocycles. The molecule has 188 valence electrons. The first-order valence-corrected chi connectivity index (χ1v) is 12.4. The van der Waals surface area contributed by atoms with Gasteiger partial charge in [-0.25, -0.2) is 14.8 Å². The van der Waals surface area contributed by atoms with Crippen molar-refractivity contribution in [1.29, 1.82) is 0 Å². The number of amides is 1. The average Bonchev–Trinajstić information content (AvgIpc) is 3.30. The standard InChI is InChI=1S/C29H34N4O3/c1-5-21(15-17-31-28(34)36-29(2,3)4)24-16-18-30-27-25(24)32-26(33-27)22-11-13-23(14-12-22)35-19-20-9-7-6-8-10-20/h6-14,16,18,21H,5,15,17,19H2,1-4H3,(H,31,34)(H,30,32,33). The van der Waals surface area contributed by atoms with Gasteiger partial charge in [0, 0.05) is 18.3 Å². The Balaban J connectivity index is 1.44. The van der Waals surface area contributed by atoms with Gasteiger partial charge in [0.25, 0.3) is 0 Å². The summed E-state index contributed by atoms with van der Waals surface area (Å²) in [4.78, 5) is 24.8. The molecule has 0 spiro atoms. The van der Waals surface area contributed by atoms with Crippen molar-refractivity contribution in [3.8, 4) is 17.1 Å². The number of pyridine rings is 1. The Morgan fingerprint density at radius 3 is 2.50 bits per heavy atom. The van der Waals surface area contributed by atoms with Gasteiger partial charge in [0.1, 0.15) is 29.3 Å². The molecule has 0 saturated heterocycles. The van der Waals surface area contributed by atoms with Crippen LogP contribution in [0, 0.1) is 0 Å². The number of aromatic nitrogens is 3. The largest absolute Gasteiger partial charge is 0.489 e. The van der Waals surface area contributed by atoms with E-state index in [0.717, 1.165) is 52.3 Å². The highest BCUT2D eigenvalue weighted by Gasteiger charge is 2.19. The average molecular weight is 487 g/mol. The van der Waals surface area contributed by atoms with E-state index >= 15 is 0 Å². The van der Waals surface area contributed by atoms with Crippen molar-refractivity contribution < 1.29 is 14.3 Å². The number of benzene rings is 2. The minimum Gasteiger partial charge on any atom is -0.489 e. The molecule has 0 aliphatic carbocycles. The van der Waals surface area contributed by atoms with Gasteiger partial charge in [-0.05, 0) is 81.0 Å². The maximum absolute atomic E-state index is 12.0. The van der Waals surface area contributed by atoms with Crippen LogP contribution in [0.2, 0.25) is 0 Å². The lowest BCUT2D eigenvalue weighted by molar-refractivity contribution is 0.0526. The molecule has 0 saturated carbocycles. The number of carbonyl (C=O) groups excluding carboxylic acids is 1. The van der Waals surface area contributed by atoms with Crippen molar-refractivity contribution >= 4 is 17.3 Å². The van der Waals surface area contributed by atoms with Crippen molar-refractivity contribution in [2.24, 2.45) is 0 Å². The number of rotatable bonds is 9. The van der Waals surface area contributed by atoms with Gasteiger partial charge in [0.2, 0.25) is 0 Å². The first-order valence-electron chi connectivity index (χ1n) is 12.4. The molecule has 2 N–H and O–H groups in total. The van der Waals surface area contributed by atoms with E-state index in [9.17, 15) is 4.79 Å². The van der Waals surface area contributed by atoms with Crippen LogP contribution in [0.4, 0.5) is 4.79 Å². The second kappa shape index (κ2) is 11.2. The summed E-state index contributed by atoms with van der Waals surface area (Å²) in [5.74, 6) is 1.80. The maximum atomic E-state index is 12.0. The third kappa shape index (κ3) is 6.62. The number of hydrogen-bond donors (Lipinski definition) is 2. The Morgan fingerprint density at radius 1 is 1.06 bits per heavy atom. The summed E-state index contributed by atoms with van der Waals surface area (Å²) >= 11 is 0. The smallest absolute Gasteiger partial charge is 0.407 e. The van der Waals surface area contributed by atoms with E-state index in [2.05, 4.69) is 22.2 Å². The van der Waals surface area contributed by atoms with E-state index in [0.29, 0.717) is 13.2 Å². The van der Waals surface area contributed by atoms with Gasteiger partial charge in [-0.1, -0.05) is 37.3 Å². The van der Waals surface area contributed by atoms with Crippen LogP contribution in [0.5, 0.6) is 5.75 Å².